The van der Waals surface area contributed by atoms with Gasteiger partial charge in [0.05, 0.1) is 18.2 Å². The average molecular weight is 323 g/mol. The van der Waals surface area contributed by atoms with Gasteiger partial charge in [-0.15, -0.1) is 0 Å². The van der Waals surface area contributed by atoms with E-state index in [0.29, 0.717) is 19.6 Å². The average Bonchev–Trinajstić information content (AvgIpc) is 3.01. The highest BCUT2D eigenvalue weighted by molar-refractivity contribution is 5.78. The molecule has 1 atom stereocenters. The van der Waals surface area contributed by atoms with Crippen LogP contribution in [0, 0.1) is 18.3 Å². The molecule has 1 aliphatic heterocycles. The van der Waals surface area contributed by atoms with E-state index in [-0.39, 0.29) is 18.4 Å². The molecule has 0 bridgehead atoms. The van der Waals surface area contributed by atoms with Gasteiger partial charge >= 0.3 is 0 Å². The van der Waals surface area contributed by atoms with Gasteiger partial charge in [0.1, 0.15) is 6.04 Å². The molecular formula is C18H21N5O. The van der Waals surface area contributed by atoms with Crippen LogP contribution in [0.2, 0.25) is 0 Å². The Balaban J connectivity index is 1.60. The first-order valence-electron chi connectivity index (χ1n) is 8.12. The summed E-state index contributed by atoms with van der Waals surface area (Å²) in [4.78, 5) is 16.4. The highest BCUT2D eigenvalue weighted by atomic mass is 16.2. The van der Waals surface area contributed by atoms with E-state index in [1.807, 2.05) is 31.2 Å². The van der Waals surface area contributed by atoms with Gasteiger partial charge in [-0.05, 0) is 18.6 Å². The summed E-state index contributed by atoms with van der Waals surface area (Å²) >= 11 is 0. The second-order valence-electron chi connectivity index (χ2n) is 6.16. The second kappa shape index (κ2) is 7.28. The van der Waals surface area contributed by atoms with Gasteiger partial charge in [0.15, 0.2) is 0 Å². The van der Waals surface area contributed by atoms with Crippen molar-refractivity contribution in [1.82, 2.24) is 20.0 Å². The molecule has 1 aromatic heterocycles. The van der Waals surface area contributed by atoms with Crippen LogP contribution in [-0.4, -0.2) is 51.6 Å². The van der Waals surface area contributed by atoms with Gasteiger partial charge < -0.3 is 4.90 Å². The number of H-pyrrole nitrogens is 1. The molecule has 0 saturated carbocycles. The minimum absolute atomic E-state index is 0.0288. The van der Waals surface area contributed by atoms with Crippen LogP contribution in [0.5, 0.6) is 0 Å². The molecule has 1 N–H and O–H groups in total. The molecule has 1 amide bonds. The molecule has 0 spiro atoms. The van der Waals surface area contributed by atoms with Crippen LogP contribution in [-0.2, 0) is 17.8 Å². The standard InChI is InChI=1S/C18H21N5O/c1-14-9-16(21-20-14)10-18(24)23-8-7-22(17(11-19)13-23)12-15-5-3-2-4-6-15/h2-6,9,17H,7-8,10,12-13H2,1H3,(H,20,21)/t17-/m1/s1. The number of carbonyl (C=O) groups is 1. The van der Waals surface area contributed by atoms with Gasteiger partial charge in [-0.25, -0.2) is 0 Å². The fourth-order valence-corrected chi connectivity index (χ4v) is 3.01. The minimum atomic E-state index is -0.274. The van der Waals surface area contributed by atoms with Gasteiger partial charge in [-0.1, -0.05) is 30.3 Å². The summed E-state index contributed by atoms with van der Waals surface area (Å²) in [7, 11) is 0. The molecule has 124 valence electrons. The Morgan fingerprint density at radius 2 is 2.17 bits per heavy atom. The third kappa shape index (κ3) is 3.81. The molecular weight excluding hydrogens is 302 g/mol. The number of nitrogens with zero attached hydrogens (tertiary/aromatic N) is 4. The first kappa shape index (κ1) is 16.2. The van der Waals surface area contributed by atoms with E-state index in [9.17, 15) is 10.1 Å². The highest BCUT2D eigenvalue weighted by Crippen LogP contribution is 2.15. The Bertz CT molecular complexity index is 733. The van der Waals surface area contributed by atoms with E-state index >= 15 is 0 Å². The number of benzene rings is 1. The van der Waals surface area contributed by atoms with Crippen molar-refractivity contribution in [3.63, 3.8) is 0 Å². The summed E-state index contributed by atoms with van der Waals surface area (Å²) in [5.74, 6) is 0.0288. The number of aromatic nitrogens is 2. The Labute approximate surface area is 141 Å². The summed E-state index contributed by atoms with van der Waals surface area (Å²) in [6.45, 7) is 4.45. The zero-order valence-electron chi connectivity index (χ0n) is 13.8. The van der Waals surface area contributed by atoms with Crippen molar-refractivity contribution in [2.24, 2.45) is 0 Å². The second-order valence-corrected chi connectivity index (χ2v) is 6.16. The number of hydrogen-bond donors (Lipinski definition) is 1. The van der Waals surface area contributed by atoms with Crippen LogP contribution < -0.4 is 0 Å². The Kier molecular flexibility index (Phi) is 4.92. The molecule has 1 aromatic carbocycles. The predicted octanol–water partition coefficient (Wildman–Crippen LogP) is 1.50. The van der Waals surface area contributed by atoms with Crippen molar-refractivity contribution in [3.8, 4) is 6.07 Å². The fourth-order valence-electron chi connectivity index (χ4n) is 3.01. The number of piperazine rings is 1. The van der Waals surface area contributed by atoms with E-state index in [4.69, 9.17) is 0 Å². The summed E-state index contributed by atoms with van der Waals surface area (Å²) in [6, 6.07) is 14.1. The number of aryl methyl sites for hydroxylation is 1. The Morgan fingerprint density at radius 3 is 2.83 bits per heavy atom. The third-order valence-electron chi connectivity index (χ3n) is 4.31. The van der Waals surface area contributed by atoms with Gasteiger partial charge in [-0.2, -0.15) is 10.4 Å². The number of nitrogens with one attached hydrogen (secondary N) is 1. The molecule has 6 heteroatoms. The maximum Gasteiger partial charge on any atom is 0.228 e. The molecule has 0 aliphatic carbocycles. The normalized spacial score (nSPS) is 18.3. The SMILES string of the molecule is Cc1cc(CC(=O)N2CCN(Cc3ccccc3)[C@H](C#N)C2)n[nH]1. The van der Waals surface area contributed by atoms with Gasteiger partial charge in [0.25, 0.3) is 0 Å². The van der Waals surface area contributed by atoms with Crippen molar-refractivity contribution in [2.75, 3.05) is 19.6 Å². The number of amides is 1. The monoisotopic (exact) mass is 323 g/mol. The number of hydrogen-bond acceptors (Lipinski definition) is 4. The van der Waals surface area contributed by atoms with Crippen molar-refractivity contribution < 1.29 is 4.79 Å². The number of aromatic amines is 1. The van der Waals surface area contributed by atoms with Crippen LogP contribution in [0.1, 0.15) is 17.0 Å². The molecule has 6 nitrogen and oxygen atoms in total. The van der Waals surface area contributed by atoms with Gasteiger partial charge in [0.2, 0.25) is 5.91 Å². The molecule has 2 aromatic rings. The van der Waals surface area contributed by atoms with Crippen LogP contribution >= 0.6 is 0 Å². The molecule has 1 aliphatic rings. The van der Waals surface area contributed by atoms with E-state index in [0.717, 1.165) is 17.9 Å². The minimum Gasteiger partial charge on any atom is -0.338 e. The molecule has 1 saturated heterocycles. The lowest BCUT2D eigenvalue weighted by molar-refractivity contribution is -0.133. The van der Waals surface area contributed by atoms with E-state index < -0.39 is 0 Å². The van der Waals surface area contributed by atoms with E-state index in [2.05, 4.69) is 33.3 Å². The zero-order chi connectivity index (χ0) is 16.9. The molecule has 2 heterocycles. The van der Waals surface area contributed by atoms with Gasteiger partial charge in [-0.3, -0.25) is 14.8 Å². The lowest BCUT2D eigenvalue weighted by Gasteiger charge is -2.38. The topological polar surface area (TPSA) is 76.0 Å². The summed E-state index contributed by atoms with van der Waals surface area (Å²) in [6.07, 6.45) is 0.279. The molecule has 0 unspecified atom stereocenters. The fraction of sp³-hybridized carbons (Fsp3) is 0.389. The largest absolute Gasteiger partial charge is 0.338 e. The maximum absolute atomic E-state index is 12.4. The van der Waals surface area contributed by atoms with Crippen LogP contribution in [0.3, 0.4) is 0 Å². The zero-order valence-corrected chi connectivity index (χ0v) is 13.8. The number of nitriles is 1. The Morgan fingerprint density at radius 1 is 1.38 bits per heavy atom. The summed E-state index contributed by atoms with van der Waals surface area (Å²) < 4.78 is 0. The van der Waals surface area contributed by atoms with Crippen molar-refractivity contribution in [2.45, 2.75) is 25.9 Å². The Hall–Kier alpha value is -2.65. The molecule has 3 rings (SSSR count). The quantitative estimate of drug-likeness (QED) is 0.925. The maximum atomic E-state index is 12.4. The van der Waals surface area contributed by atoms with E-state index in [1.165, 1.54) is 5.56 Å². The van der Waals surface area contributed by atoms with Crippen LogP contribution in [0.25, 0.3) is 0 Å². The number of carbonyl (C=O) groups excluding carboxylic acids is 1. The smallest absolute Gasteiger partial charge is 0.228 e. The van der Waals surface area contributed by atoms with Crippen molar-refractivity contribution >= 4 is 5.91 Å². The molecule has 24 heavy (non-hydrogen) atoms. The third-order valence-corrected chi connectivity index (χ3v) is 4.31. The number of rotatable bonds is 4. The highest BCUT2D eigenvalue weighted by Gasteiger charge is 2.29. The summed E-state index contributed by atoms with van der Waals surface area (Å²) in [5.41, 5.74) is 2.88. The molecule has 0 radical (unpaired) electrons. The van der Waals surface area contributed by atoms with E-state index in [1.54, 1.807) is 4.90 Å². The van der Waals surface area contributed by atoms with Crippen LogP contribution in [0.15, 0.2) is 36.4 Å². The van der Waals surface area contributed by atoms with Gasteiger partial charge in [0, 0.05) is 31.9 Å². The predicted molar refractivity (Wildman–Crippen MR) is 89.9 cm³/mol. The summed E-state index contributed by atoms with van der Waals surface area (Å²) in [5, 5.41) is 16.4. The molecule has 1 fully saturated rings. The lowest BCUT2D eigenvalue weighted by Crippen LogP contribution is -2.54. The first-order valence-corrected chi connectivity index (χ1v) is 8.12. The first-order chi connectivity index (χ1) is 11.7. The lowest BCUT2D eigenvalue weighted by atomic mass is 10.1. The van der Waals surface area contributed by atoms with Crippen LogP contribution in [0.4, 0.5) is 0 Å². The van der Waals surface area contributed by atoms with Crippen molar-refractivity contribution in [3.05, 3.63) is 53.3 Å². The van der Waals surface area contributed by atoms with Crippen molar-refractivity contribution in [1.29, 1.82) is 5.26 Å².